The third-order valence-corrected chi connectivity index (χ3v) is 5.70. The van der Waals surface area contributed by atoms with Gasteiger partial charge in [-0.2, -0.15) is 0 Å². The van der Waals surface area contributed by atoms with Crippen LogP contribution in [0.3, 0.4) is 0 Å². The van der Waals surface area contributed by atoms with E-state index in [1.54, 1.807) is 11.3 Å². The number of fused-ring (bicyclic) bond motifs is 1. The number of carbonyl (C=O) groups excluding carboxylic acids is 1. The van der Waals surface area contributed by atoms with E-state index < -0.39 is 24.3 Å². The minimum atomic E-state index is -0.579. The second kappa shape index (κ2) is 7.00. The van der Waals surface area contributed by atoms with E-state index in [1.807, 2.05) is 76.4 Å². The first kappa shape index (κ1) is 19.7. The summed E-state index contributed by atoms with van der Waals surface area (Å²) in [6, 6.07) is 13.4. The average Bonchev–Trinajstić information content (AvgIpc) is 3.17. The zero-order valence-electron chi connectivity index (χ0n) is 17.4. The fourth-order valence-corrected chi connectivity index (χ4v) is 3.43. The van der Waals surface area contributed by atoms with Gasteiger partial charge in [-0.15, -0.1) is 0 Å². The number of benzene rings is 1. The Morgan fingerprint density at radius 1 is 1.07 bits per heavy atom. The second-order valence-corrected chi connectivity index (χ2v) is 8.14. The Labute approximate surface area is 170 Å². The van der Waals surface area contributed by atoms with Crippen LogP contribution in [0.15, 0.2) is 48.7 Å². The average molecular weight is 392 g/mol. The van der Waals surface area contributed by atoms with E-state index in [0.717, 1.165) is 11.0 Å². The van der Waals surface area contributed by atoms with Gasteiger partial charge in [0.2, 0.25) is 0 Å². The van der Waals surface area contributed by atoms with Crippen LogP contribution in [-0.2, 0) is 14.0 Å². The number of carbonyl (C=O) groups is 1. The first-order valence-electron chi connectivity index (χ1n) is 9.84. The summed E-state index contributed by atoms with van der Waals surface area (Å²) < 4.78 is 19.5. The highest BCUT2D eigenvalue weighted by Gasteiger charge is 2.52. The highest BCUT2D eigenvalue weighted by molar-refractivity contribution is 6.64. The number of rotatable bonds is 4. The van der Waals surface area contributed by atoms with Gasteiger partial charge in [0, 0.05) is 17.2 Å². The predicted molar refractivity (Wildman–Crippen MR) is 112 cm³/mol. The van der Waals surface area contributed by atoms with Gasteiger partial charge in [-0.1, -0.05) is 36.4 Å². The van der Waals surface area contributed by atoms with Gasteiger partial charge >= 0.3 is 13.1 Å². The number of hydrogen-bond acceptors (Lipinski definition) is 5. The van der Waals surface area contributed by atoms with Crippen molar-refractivity contribution in [1.29, 1.82) is 0 Å². The molecule has 150 valence electrons. The smallest absolute Gasteiger partial charge is 0.461 e. The Hall–Kier alpha value is -2.64. The molecule has 1 aliphatic rings. The molecule has 1 fully saturated rings. The van der Waals surface area contributed by atoms with Crippen LogP contribution in [0, 0.1) is 0 Å². The van der Waals surface area contributed by atoms with E-state index in [9.17, 15) is 4.79 Å². The molecule has 0 radical (unpaired) electrons. The molecule has 0 spiro atoms. The lowest BCUT2D eigenvalue weighted by Gasteiger charge is -2.32. The molecule has 6 nitrogen and oxygen atoms in total. The Bertz CT molecular complexity index is 1040. The van der Waals surface area contributed by atoms with Gasteiger partial charge in [0.05, 0.1) is 17.8 Å². The number of imidazole rings is 1. The summed E-state index contributed by atoms with van der Waals surface area (Å²) in [5.41, 5.74) is 2.28. The molecule has 29 heavy (non-hydrogen) atoms. The third-order valence-electron chi connectivity index (χ3n) is 5.70. The zero-order chi connectivity index (χ0) is 20.8. The van der Waals surface area contributed by atoms with Crippen LogP contribution in [0.25, 0.3) is 16.9 Å². The molecule has 0 amide bonds. The normalized spacial score (nSPS) is 17.6. The van der Waals surface area contributed by atoms with Crippen LogP contribution in [0.5, 0.6) is 0 Å². The van der Waals surface area contributed by atoms with Gasteiger partial charge in [-0.05, 0) is 40.7 Å². The predicted octanol–water partition coefficient (Wildman–Crippen LogP) is 3.48. The van der Waals surface area contributed by atoms with E-state index in [0.29, 0.717) is 17.0 Å². The van der Waals surface area contributed by atoms with Crippen molar-refractivity contribution in [3.8, 4) is 11.3 Å². The van der Waals surface area contributed by atoms with Gasteiger partial charge in [0.15, 0.2) is 5.69 Å². The van der Waals surface area contributed by atoms with E-state index in [-0.39, 0.29) is 6.61 Å². The van der Waals surface area contributed by atoms with Gasteiger partial charge in [0.1, 0.15) is 11.3 Å². The molecule has 3 heterocycles. The molecule has 4 rings (SSSR count). The Morgan fingerprint density at radius 3 is 2.34 bits per heavy atom. The van der Waals surface area contributed by atoms with Crippen LogP contribution in [0.4, 0.5) is 0 Å². The van der Waals surface area contributed by atoms with E-state index >= 15 is 0 Å². The molecule has 3 aromatic rings. The number of nitrogens with zero attached hydrogens (tertiary/aromatic N) is 2. The molecular formula is C22H25BN2O4. The number of hydrogen-bond donors (Lipinski definition) is 0. The quantitative estimate of drug-likeness (QED) is 0.503. The van der Waals surface area contributed by atoms with Crippen molar-refractivity contribution in [3.63, 3.8) is 0 Å². The molecule has 2 aromatic heterocycles. The summed E-state index contributed by atoms with van der Waals surface area (Å²) in [6.45, 7) is 10.1. The van der Waals surface area contributed by atoms with Crippen molar-refractivity contribution in [2.45, 2.75) is 45.8 Å². The van der Waals surface area contributed by atoms with Gasteiger partial charge in [-0.25, -0.2) is 9.78 Å². The topological polar surface area (TPSA) is 62.1 Å². The molecule has 0 aliphatic carbocycles. The molecule has 0 bridgehead atoms. The Kier molecular flexibility index (Phi) is 4.75. The number of esters is 1. The molecule has 0 saturated carbocycles. The summed E-state index contributed by atoms with van der Waals surface area (Å²) in [5.74, 6) is -0.412. The minimum absolute atomic E-state index is 0.289. The summed E-state index contributed by atoms with van der Waals surface area (Å²) in [5, 5.41) is 0. The SMILES string of the molecule is CCOC(=O)c1c(-c2ccccc2)nc2c(B3OC(C)(C)C(C)(C)O3)cccn12. The Morgan fingerprint density at radius 2 is 1.72 bits per heavy atom. The molecular weight excluding hydrogens is 367 g/mol. The zero-order valence-corrected chi connectivity index (χ0v) is 17.4. The van der Waals surface area contributed by atoms with Crippen molar-refractivity contribution in [3.05, 3.63) is 54.4 Å². The highest BCUT2D eigenvalue weighted by atomic mass is 16.7. The first-order chi connectivity index (χ1) is 13.7. The lowest BCUT2D eigenvalue weighted by molar-refractivity contribution is 0.00578. The minimum Gasteiger partial charge on any atom is -0.461 e. The molecule has 0 unspecified atom stereocenters. The number of pyridine rings is 1. The fraction of sp³-hybridized carbons (Fsp3) is 0.364. The lowest BCUT2D eigenvalue weighted by Crippen LogP contribution is -2.41. The monoisotopic (exact) mass is 392 g/mol. The van der Waals surface area contributed by atoms with Gasteiger partial charge < -0.3 is 14.0 Å². The van der Waals surface area contributed by atoms with Crippen LogP contribution in [0.2, 0.25) is 0 Å². The summed E-state index contributed by atoms with van der Waals surface area (Å²) in [7, 11) is -0.579. The maximum absolute atomic E-state index is 12.8. The molecule has 0 N–H and O–H groups in total. The van der Waals surface area contributed by atoms with Crippen molar-refractivity contribution in [2.75, 3.05) is 6.61 Å². The standard InChI is InChI=1S/C22H25BN2O4/c1-6-27-20(26)18-17(15-11-8-7-9-12-15)24-19-16(13-10-14-25(18)19)23-28-21(2,3)22(4,5)29-23/h7-14H,6H2,1-5H3. The maximum atomic E-state index is 12.8. The van der Waals surface area contributed by atoms with Crippen LogP contribution >= 0.6 is 0 Å². The molecule has 7 heteroatoms. The summed E-state index contributed by atoms with van der Waals surface area (Å²) in [4.78, 5) is 17.6. The molecule has 1 aliphatic heterocycles. The highest BCUT2D eigenvalue weighted by Crippen LogP contribution is 2.37. The number of ether oxygens (including phenoxy) is 1. The third kappa shape index (κ3) is 3.24. The maximum Gasteiger partial charge on any atom is 0.498 e. The molecule has 1 saturated heterocycles. The van der Waals surface area contributed by atoms with Crippen molar-refractivity contribution in [2.24, 2.45) is 0 Å². The van der Waals surface area contributed by atoms with E-state index in [4.69, 9.17) is 19.0 Å². The van der Waals surface area contributed by atoms with Crippen LogP contribution in [0.1, 0.15) is 45.1 Å². The van der Waals surface area contributed by atoms with Crippen molar-refractivity contribution < 1.29 is 18.8 Å². The van der Waals surface area contributed by atoms with Crippen molar-refractivity contribution in [1.82, 2.24) is 9.38 Å². The van der Waals surface area contributed by atoms with Gasteiger partial charge in [0.25, 0.3) is 0 Å². The van der Waals surface area contributed by atoms with E-state index in [2.05, 4.69) is 0 Å². The molecule has 0 atom stereocenters. The lowest BCUT2D eigenvalue weighted by atomic mass is 9.80. The van der Waals surface area contributed by atoms with Crippen LogP contribution < -0.4 is 5.46 Å². The molecule has 1 aromatic carbocycles. The summed E-state index contributed by atoms with van der Waals surface area (Å²) >= 11 is 0. The summed E-state index contributed by atoms with van der Waals surface area (Å²) in [6.07, 6.45) is 1.82. The van der Waals surface area contributed by atoms with Crippen molar-refractivity contribution >= 4 is 24.2 Å². The van der Waals surface area contributed by atoms with Gasteiger partial charge in [-0.3, -0.25) is 4.40 Å². The second-order valence-electron chi connectivity index (χ2n) is 8.14. The fourth-order valence-electron chi connectivity index (χ4n) is 3.43. The first-order valence-corrected chi connectivity index (χ1v) is 9.84. The van der Waals surface area contributed by atoms with Crippen LogP contribution in [-0.4, -0.2) is 40.3 Å². The van der Waals surface area contributed by atoms with E-state index in [1.165, 1.54) is 0 Å². The largest absolute Gasteiger partial charge is 0.498 e. The number of aromatic nitrogens is 2. The Balaban J connectivity index is 1.91.